The van der Waals surface area contributed by atoms with E-state index in [0.29, 0.717) is 30.3 Å². The molecule has 3 rings (SSSR count). The highest BCUT2D eigenvalue weighted by Gasteiger charge is 2.50. The average molecular weight is 659 g/mol. The summed E-state index contributed by atoms with van der Waals surface area (Å²) in [5.74, 6) is 1.95. The van der Waals surface area contributed by atoms with E-state index in [1.807, 2.05) is 6.92 Å². The van der Waals surface area contributed by atoms with Gasteiger partial charge in [-0.15, -0.1) is 0 Å². The van der Waals surface area contributed by atoms with E-state index in [0.717, 1.165) is 31.6 Å². The SMILES string of the molecule is C=C1/C(=C/C=C2\CCC[C@]3(C)[C@@H]([C@H](C)CCCC(=O)OCC)CC[C@@H]23)C[C@@H](O[Si](C)(C)C(C)(C)C)C[C@H]1O[Si](C)(C)C(C)(C)C. The molecule has 6 atom stereocenters. The molecular weight excluding hydrogens is 589 g/mol. The van der Waals surface area contributed by atoms with E-state index in [4.69, 9.17) is 13.6 Å². The Morgan fingerprint density at radius 2 is 1.64 bits per heavy atom. The molecule has 3 fully saturated rings. The first-order valence-electron chi connectivity index (χ1n) is 18.2. The molecule has 3 aliphatic rings. The smallest absolute Gasteiger partial charge is 0.305 e. The molecule has 6 heteroatoms. The summed E-state index contributed by atoms with van der Waals surface area (Å²) >= 11 is 0. The number of esters is 1. The van der Waals surface area contributed by atoms with Crippen molar-refractivity contribution in [3.8, 4) is 0 Å². The molecule has 0 aliphatic heterocycles. The summed E-state index contributed by atoms with van der Waals surface area (Å²) in [6.45, 7) is 35.5. The van der Waals surface area contributed by atoms with Gasteiger partial charge in [0, 0.05) is 12.8 Å². The average Bonchev–Trinajstić information content (AvgIpc) is 3.25. The molecule has 0 saturated heterocycles. The van der Waals surface area contributed by atoms with Gasteiger partial charge in [0.2, 0.25) is 0 Å². The van der Waals surface area contributed by atoms with Crippen LogP contribution in [0.2, 0.25) is 36.3 Å². The standard InChI is InChI=1S/C39H70O4Si2/c1-15-41-36(40)20-16-18-28(2)33-23-24-34-30(19-17-25-39(33,34)10)21-22-31-26-32(42-44(11,12)37(4,5)6)27-35(29(31)3)43-45(13,14)38(7,8)9/h21-22,28,32-35H,3,15-20,23-27H2,1-2,4-14H3/b30-21+,31-22+/t28-,32-,33-,34+,35-,39-/m1/s1. The normalized spacial score (nSPS) is 30.9. The van der Waals surface area contributed by atoms with Crippen LogP contribution in [0.15, 0.2) is 35.5 Å². The van der Waals surface area contributed by atoms with Gasteiger partial charge in [0.25, 0.3) is 0 Å². The van der Waals surface area contributed by atoms with Gasteiger partial charge in [-0.3, -0.25) is 4.79 Å². The van der Waals surface area contributed by atoms with Crippen LogP contribution in [0.1, 0.15) is 127 Å². The second-order valence-electron chi connectivity index (χ2n) is 18.0. The fraction of sp³-hybridized carbons (Fsp3) is 0.821. The summed E-state index contributed by atoms with van der Waals surface area (Å²) in [6.07, 6.45) is 15.9. The molecule has 0 amide bonds. The van der Waals surface area contributed by atoms with Gasteiger partial charge in [0.05, 0.1) is 18.8 Å². The molecule has 0 N–H and O–H groups in total. The minimum absolute atomic E-state index is 0.0157. The van der Waals surface area contributed by atoms with Gasteiger partial charge in [-0.1, -0.05) is 79.7 Å². The van der Waals surface area contributed by atoms with Crippen molar-refractivity contribution >= 4 is 22.6 Å². The van der Waals surface area contributed by atoms with Crippen LogP contribution < -0.4 is 0 Å². The molecule has 4 nitrogen and oxygen atoms in total. The number of fused-ring (bicyclic) bond motifs is 1. The topological polar surface area (TPSA) is 44.8 Å². The summed E-state index contributed by atoms with van der Waals surface area (Å²) in [5, 5.41) is 0.318. The summed E-state index contributed by atoms with van der Waals surface area (Å²) in [4.78, 5) is 11.9. The maximum Gasteiger partial charge on any atom is 0.305 e. The lowest BCUT2D eigenvalue weighted by atomic mass is 9.60. The highest BCUT2D eigenvalue weighted by atomic mass is 28.4. The van der Waals surface area contributed by atoms with Gasteiger partial charge in [0.1, 0.15) is 0 Å². The van der Waals surface area contributed by atoms with E-state index in [1.54, 1.807) is 5.57 Å². The Bertz CT molecular complexity index is 1110. The quantitative estimate of drug-likeness (QED) is 0.164. The highest BCUT2D eigenvalue weighted by Crippen LogP contribution is 2.60. The van der Waals surface area contributed by atoms with E-state index in [2.05, 4.69) is 100 Å². The lowest BCUT2D eigenvalue weighted by Crippen LogP contribution is -2.49. The van der Waals surface area contributed by atoms with Crippen LogP contribution in [0.4, 0.5) is 0 Å². The Morgan fingerprint density at radius 1 is 1.02 bits per heavy atom. The van der Waals surface area contributed by atoms with Gasteiger partial charge in [-0.25, -0.2) is 0 Å². The first-order valence-corrected chi connectivity index (χ1v) is 24.0. The van der Waals surface area contributed by atoms with Crippen molar-refractivity contribution in [1.29, 1.82) is 0 Å². The Labute approximate surface area is 280 Å². The summed E-state index contributed by atoms with van der Waals surface area (Å²) in [7, 11) is -3.92. The van der Waals surface area contributed by atoms with Crippen molar-refractivity contribution in [3.05, 3.63) is 35.5 Å². The first-order chi connectivity index (χ1) is 20.6. The van der Waals surface area contributed by atoms with Crippen molar-refractivity contribution in [2.45, 2.75) is 175 Å². The van der Waals surface area contributed by atoms with E-state index >= 15 is 0 Å². The maximum atomic E-state index is 11.9. The van der Waals surface area contributed by atoms with Crippen LogP contribution >= 0.6 is 0 Å². The Kier molecular flexibility index (Phi) is 12.5. The van der Waals surface area contributed by atoms with E-state index < -0.39 is 16.6 Å². The summed E-state index contributed by atoms with van der Waals surface area (Å²) in [6, 6.07) is 0. The zero-order valence-electron chi connectivity index (χ0n) is 31.7. The number of hydrogen-bond donors (Lipinski definition) is 0. The predicted octanol–water partition coefficient (Wildman–Crippen LogP) is 11.6. The molecular formula is C39H70O4Si2. The predicted molar refractivity (Wildman–Crippen MR) is 196 cm³/mol. The fourth-order valence-electron chi connectivity index (χ4n) is 7.98. The summed E-state index contributed by atoms with van der Waals surface area (Å²) < 4.78 is 19.3. The summed E-state index contributed by atoms with van der Waals surface area (Å²) in [5.41, 5.74) is 4.48. The third kappa shape index (κ3) is 9.15. The third-order valence-corrected chi connectivity index (χ3v) is 21.8. The molecule has 0 radical (unpaired) electrons. The number of rotatable bonds is 11. The molecule has 3 saturated carbocycles. The minimum atomic E-state index is -1.98. The molecule has 258 valence electrons. The number of ether oxygens (including phenoxy) is 1. The third-order valence-electron chi connectivity index (χ3n) is 12.8. The van der Waals surface area contributed by atoms with Crippen molar-refractivity contribution < 1.29 is 18.4 Å². The van der Waals surface area contributed by atoms with E-state index in [9.17, 15) is 4.79 Å². The van der Waals surface area contributed by atoms with Crippen molar-refractivity contribution in [3.63, 3.8) is 0 Å². The molecule has 0 bridgehead atoms. The van der Waals surface area contributed by atoms with Gasteiger partial charge in [0.15, 0.2) is 16.6 Å². The van der Waals surface area contributed by atoms with E-state index in [-0.39, 0.29) is 28.3 Å². The highest BCUT2D eigenvalue weighted by molar-refractivity contribution is 6.74. The van der Waals surface area contributed by atoms with Crippen LogP contribution in [0.5, 0.6) is 0 Å². The minimum Gasteiger partial charge on any atom is -0.466 e. The monoisotopic (exact) mass is 658 g/mol. The van der Waals surface area contributed by atoms with Gasteiger partial charge in [-0.05, 0) is 129 Å². The van der Waals surface area contributed by atoms with Crippen LogP contribution in [0.3, 0.4) is 0 Å². The van der Waals surface area contributed by atoms with Gasteiger partial charge < -0.3 is 13.6 Å². The molecule has 0 aromatic rings. The number of allylic oxidation sites excluding steroid dienone is 3. The van der Waals surface area contributed by atoms with Gasteiger partial charge in [-0.2, -0.15) is 0 Å². The molecule has 45 heavy (non-hydrogen) atoms. The van der Waals surface area contributed by atoms with Crippen LogP contribution in [0.25, 0.3) is 0 Å². The Balaban J connectivity index is 1.84. The lowest BCUT2D eigenvalue weighted by Gasteiger charge is -2.46. The number of carbonyl (C=O) groups is 1. The van der Waals surface area contributed by atoms with Crippen LogP contribution in [0, 0.1) is 23.2 Å². The molecule has 0 spiro atoms. The molecule has 3 aliphatic carbocycles. The van der Waals surface area contributed by atoms with Crippen molar-refractivity contribution in [1.82, 2.24) is 0 Å². The fourth-order valence-corrected chi connectivity index (χ4v) is 10.7. The second kappa shape index (κ2) is 14.7. The second-order valence-corrected chi connectivity index (χ2v) is 27.5. The number of hydrogen-bond acceptors (Lipinski definition) is 4. The largest absolute Gasteiger partial charge is 0.466 e. The van der Waals surface area contributed by atoms with E-state index in [1.165, 1.54) is 43.3 Å². The van der Waals surface area contributed by atoms with Crippen LogP contribution in [-0.4, -0.2) is 41.4 Å². The van der Waals surface area contributed by atoms with Crippen LogP contribution in [-0.2, 0) is 18.4 Å². The lowest BCUT2D eigenvalue weighted by molar-refractivity contribution is -0.143. The maximum absolute atomic E-state index is 11.9. The van der Waals surface area contributed by atoms with Crippen molar-refractivity contribution in [2.75, 3.05) is 6.61 Å². The molecule has 0 heterocycles. The van der Waals surface area contributed by atoms with Gasteiger partial charge >= 0.3 is 5.97 Å². The molecule has 0 unspecified atom stereocenters. The zero-order chi connectivity index (χ0) is 34.0. The zero-order valence-corrected chi connectivity index (χ0v) is 33.7. The number of carbonyl (C=O) groups excluding carboxylic acids is 1. The molecule has 0 aromatic carbocycles. The molecule has 0 aromatic heterocycles. The first kappa shape index (κ1) is 38.5. The Morgan fingerprint density at radius 3 is 2.24 bits per heavy atom. The Hall–Kier alpha value is -0.956. The van der Waals surface area contributed by atoms with Crippen molar-refractivity contribution in [2.24, 2.45) is 23.2 Å².